The number of hydrogen-bond acceptors (Lipinski definition) is 4. The molecule has 0 atom stereocenters. The van der Waals surface area contributed by atoms with E-state index in [4.69, 9.17) is 22.7 Å². The summed E-state index contributed by atoms with van der Waals surface area (Å²) in [4.78, 5) is 0.603. The third-order valence-electron chi connectivity index (χ3n) is 2.86. The van der Waals surface area contributed by atoms with E-state index >= 15 is 0 Å². The van der Waals surface area contributed by atoms with Gasteiger partial charge >= 0.3 is 0 Å². The normalized spacial score (nSPS) is 11.8. The van der Waals surface area contributed by atoms with Crippen LogP contribution in [0.15, 0.2) is 29.2 Å². The molecule has 0 bridgehead atoms. The summed E-state index contributed by atoms with van der Waals surface area (Å²) in [5.74, 6) is 0. The summed E-state index contributed by atoms with van der Waals surface area (Å²) in [6, 6.07) is 6.89. The third kappa shape index (κ3) is 4.52. The van der Waals surface area contributed by atoms with Gasteiger partial charge in [-0.15, -0.1) is 0 Å². The SMILES string of the molecule is COCCN(CCC(N)=S)S(=O)(=O)c1ccccc1C. The van der Waals surface area contributed by atoms with Crippen LogP contribution in [0.5, 0.6) is 0 Å². The fourth-order valence-corrected chi connectivity index (χ4v) is 3.51. The molecule has 5 nitrogen and oxygen atoms in total. The van der Waals surface area contributed by atoms with E-state index in [0.717, 1.165) is 0 Å². The van der Waals surface area contributed by atoms with Gasteiger partial charge in [0.15, 0.2) is 0 Å². The number of nitrogens with zero attached hydrogens (tertiary/aromatic N) is 1. The van der Waals surface area contributed by atoms with Gasteiger partial charge in [0.1, 0.15) is 0 Å². The van der Waals surface area contributed by atoms with Gasteiger partial charge in [-0.3, -0.25) is 0 Å². The predicted molar refractivity (Wildman–Crippen MR) is 83.2 cm³/mol. The van der Waals surface area contributed by atoms with E-state index in [1.807, 2.05) is 6.07 Å². The Hall–Kier alpha value is -1.02. The molecule has 1 rings (SSSR count). The third-order valence-corrected chi connectivity index (χ3v) is 5.13. The van der Waals surface area contributed by atoms with Crippen molar-refractivity contribution in [3.63, 3.8) is 0 Å². The minimum Gasteiger partial charge on any atom is -0.393 e. The second-order valence-electron chi connectivity index (χ2n) is 4.38. The van der Waals surface area contributed by atoms with Crippen molar-refractivity contribution in [3.05, 3.63) is 29.8 Å². The van der Waals surface area contributed by atoms with Crippen LogP contribution >= 0.6 is 12.2 Å². The van der Waals surface area contributed by atoms with Gasteiger partial charge in [-0.1, -0.05) is 30.4 Å². The second kappa shape index (κ2) is 7.68. The molecule has 20 heavy (non-hydrogen) atoms. The molecule has 112 valence electrons. The Labute approximate surface area is 125 Å². The molecule has 0 saturated carbocycles. The van der Waals surface area contributed by atoms with Crippen LogP contribution in [0.3, 0.4) is 0 Å². The van der Waals surface area contributed by atoms with Gasteiger partial charge in [0.25, 0.3) is 0 Å². The molecule has 0 saturated heterocycles. The Morgan fingerprint density at radius 2 is 2.00 bits per heavy atom. The number of sulfonamides is 1. The van der Waals surface area contributed by atoms with Crippen LogP contribution in [0.25, 0.3) is 0 Å². The molecular weight excluding hydrogens is 296 g/mol. The van der Waals surface area contributed by atoms with E-state index in [2.05, 4.69) is 0 Å². The maximum atomic E-state index is 12.7. The summed E-state index contributed by atoms with van der Waals surface area (Å²) in [5.41, 5.74) is 6.17. The van der Waals surface area contributed by atoms with Crippen LogP contribution in [0.4, 0.5) is 0 Å². The Balaban J connectivity index is 3.03. The van der Waals surface area contributed by atoms with Crippen molar-refractivity contribution in [2.45, 2.75) is 18.2 Å². The molecule has 0 heterocycles. The Bertz CT molecular complexity index is 558. The zero-order valence-electron chi connectivity index (χ0n) is 11.7. The molecule has 0 aromatic heterocycles. The van der Waals surface area contributed by atoms with E-state index in [-0.39, 0.29) is 13.1 Å². The number of ether oxygens (including phenoxy) is 1. The smallest absolute Gasteiger partial charge is 0.243 e. The molecule has 1 aromatic rings. The topological polar surface area (TPSA) is 72.6 Å². The maximum absolute atomic E-state index is 12.7. The summed E-state index contributed by atoms with van der Waals surface area (Å²) >= 11 is 4.82. The van der Waals surface area contributed by atoms with Gasteiger partial charge in [0.05, 0.1) is 16.5 Å². The van der Waals surface area contributed by atoms with Crippen molar-refractivity contribution in [2.75, 3.05) is 26.8 Å². The van der Waals surface area contributed by atoms with Crippen LogP contribution in [0.1, 0.15) is 12.0 Å². The van der Waals surface area contributed by atoms with Gasteiger partial charge in [-0.2, -0.15) is 4.31 Å². The fraction of sp³-hybridized carbons (Fsp3) is 0.462. The molecule has 0 aliphatic rings. The lowest BCUT2D eigenvalue weighted by Gasteiger charge is -2.22. The number of benzene rings is 1. The quantitative estimate of drug-likeness (QED) is 0.732. The highest BCUT2D eigenvalue weighted by molar-refractivity contribution is 7.89. The van der Waals surface area contributed by atoms with Crippen molar-refractivity contribution < 1.29 is 13.2 Å². The van der Waals surface area contributed by atoms with Crippen molar-refractivity contribution in [1.82, 2.24) is 4.31 Å². The minimum absolute atomic E-state index is 0.259. The van der Waals surface area contributed by atoms with Crippen LogP contribution in [-0.4, -0.2) is 44.5 Å². The Morgan fingerprint density at radius 3 is 2.55 bits per heavy atom. The van der Waals surface area contributed by atoms with E-state index in [1.54, 1.807) is 25.1 Å². The highest BCUT2D eigenvalue weighted by Crippen LogP contribution is 2.19. The summed E-state index contributed by atoms with van der Waals surface area (Å²) in [6.07, 6.45) is 0.351. The van der Waals surface area contributed by atoms with E-state index in [0.29, 0.717) is 28.5 Å². The fourth-order valence-electron chi connectivity index (χ4n) is 1.77. The summed E-state index contributed by atoms with van der Waals surface area (Å²) < 4.78 is 31.6. The van der Waals surface area contributed by atoms with Gasteiger partial charge in [0.2, 0.25) is 10.0 Å². The zero-order valence-corrected chi connectivity index (χ0v) is 13.3. The molecule has 0 amide bonds. The maximum Gasteiger partial charge on any atom is 0.243 e. The number of aryl methyl sites for hydroxylation is 1. The number of hydrogen-bond donors (Lipinski definition) is 1. The average molecular weight is 316 g/mol. The van der Waals surface area contributed by atoms with Gasteiger partial charge in [0, 0.05) is 26.6 Å². The summed E-state index contributed by atoms with van der Waals surface area (Å²) in [7, 11) is -2.03. The lowest BCUT2D eigenvalue weighted by atomic mass is 10.2. The first kappa shape index (κ1) is 17.0. The van der Waals surface area contributed by atoms with E-state index in [9.17, 15) is 8.42 Å². The first-order chi connectivity index (χ1) is 9.39. The lowest BCUT2D eigenvalue weighted by molar-refractivity contribution is 0.179. The summed E-state index contributed by atoms with van der Waals surface area (Å²) in [5, 5.41) is 0. The van der Waals surface area contributed by atoms with Gasteiger partial charge < -0.3 is 10.5 Å². The molecule has 0 radical (unpaired) electrons. The van der Waals surface area contributed by atoms with E-state index < -0.39 is 10.0 Å². The molecule has 2 N–H and O–H groups in total. The van der Waals surface area contributed by atoms with Gasteiger partial charge in [-0.25, -0.2) is 8.42 Å². The first-order valence-corrected chi connectivity index (χ1v) is 8.07. The standard InChI is InChI=1S/C13H20N2O3S2/c1-11-5-3-4-6-12(11)20(16,17)15(9-10-18-2)8-7-13(14)19/h3-6H,7-10H2,1-2H3,(H2,14,19). The monoisotopic (exact) mass is 316 g/mol. The number of thiocarbonyl (C=S) groups is 1. The molecule has 0 spiro atoms. The largest absolute Gasteiger partial charge is 0.393 e. The number of methoxy groups -OCH3 is 1. The number of rotatable bonds is 8. The van der Waals surface area contributed by atoms with E-state index in [1.165, 1.54) is 11.4 Å². The minimum atomic E-state index is -3.56. The van der Waals surface area contributed by atoms with Crippen LogP contribution in [-0.2, 0) is 14.8 Å². The second-order valence-corrected chi connectivity index (χ2v) is 6.81. The van der Waals surface area contributed by atoms with Crippen LogP contribution < -0.4 is 5.73 Å². The van der Waals surface area contributed by atoms with Crippen LogP contribution in [0, 0.1) is 6.92 Å². The van der Waals surface area contributed by atoms with Crippen LogP contribution in [0.2, 0.25) is 0 Å². The summed E-state index contributed by atoms with van der Waals surface area (Å²) in [6.45, 7) is 2.63. The van der Waals surface area contributed by atoms with Crippen molar-refractivity contribution in [2.24, 2.45) is 5.73 Å². The molecular formula is C13H20N2O3S2. The molecule has 0 aliphatic heterocycles. The van der Waals surface area contributed by atoms with Crippen molar-refractivity contribution >= 4 is 27.2 Å². The Kier molecular flexibility index (Phi) is 6.54. The molecule has 1 aromatic carbocycles. The zero-order chi connectivity index (χ0) is 15.2. The number of nitrogens with two attached hydrogens (primary N) is 1. The van der Waals surface area contributed by atoms with Crippen molar-refractivity contribution in [3.8, 4) is 0 Å². The highest BCUT2D eigenvalue weighted by Gasteiger charge is 2.25. The average Bonchev–Trinajstić information content (AvgIpc) is 2.38. The van der Waals surface area contributed by atoms with Gasteiger partial charge in [-0.05, 0) is 18.6 Å². The predicted octanol–water partition coefficient (Wildman–Crippen LogP) is 1.31. The molecule has 0 fully saturated rings. The lowest BCUT2D eigenvalue weighted by Crippen LogP contribution is -2.36. The molecule has 0 unspecified atom stereocenters. The highest BCUT2D eigenvalue weighted by atomic mass is 32.2. The molecule has 0 aliphatic carbocycles. The molecule has 7 heteroatoms. The Morgan fingerprint density at radius 1 is 1.35 bits per heavy atom. The van der Waals surface area contributed by atoms with Crippen molar-refractivity contribution in [1.29, 1.82) is 0 Å². The first-order valence-electron chi connectivity index (χ1n) is 6.22.